The van der Waals surface area contributed by atoms with Crippen LogP contribution < -0.4 is 5.32 Å². The highest BCUT2D eigenvalue weighted by Gasteiger charge is 2.20. The van der Waals surface area contributed by atoms with Gasteiger partial charge in [-0.25, -0.2) is 0 Å². The molecule has 4 heteroatoms. The Balaban J connectivity index is 2.23. The topological polar surface area (TPSA) is 29.9 Å². The predicted molar refractivity (Wildman–Crippen MR) is 68.4 cm³/mol. The molecular formula is C12H14BrN3. The Bertz CT molecular complexity index is 526. The van der Waals surface area contributed by atoms with Gasteiger partial charge in [0, 0.05) is 18.5 Å². The van der Waals surface area contributed by atoms with Gasteiger partial charge in [0.1, 0.15) is 4.60 Å². The molecule has 0 spiro atoms. The van der Waals surface area contributed by atoms with Crippen molar-refractivity contribution in [2.45, 2.75) is 18.9 Å². The van der Waals surface area contributed by atoms with Gasteiger partial charge in [-0.3, -0.25) is 4.68 Å². The van der Waals surface area contributed by atoms with Gasteiger partial charge in [0.2, 0.25) is 0 Å². The lowest BCUT2D eigenvalue weighted by Crippen LogP contribution is -2.13. The van der Waals surface area contributed by atoms with E-state index >= 15 is 0 Å². The molecule has 2 aromatic rings. The summed E-state index contributed by atoms with van der Waals surface area (Å²) in [5.41, 5.74) is 2.62. The second-order valence-corrected chi connectivity index (χ2v) is 5.06. The molecule has 16 heavy (non-hydrogen) atoms. The number of hydrogen-bond acceptors (Lipinski definition) is 2. The number of benzene rings is 1. The maximum atomic E-state index is 4.43. The second kappa shape index (κ2) is 3.86. The van der Waals surface area contributed by atoms with Gasteiger partial charge in [-0.15, -0.1) is 0 Å². The molecule has 1 aliphatic heterocycles. The van der Waals surface area contributed by atoms with Crippen LogP contribution in [-0.2, 0) is 7.05 Å². The van der Waals surface area contributed by atoms with E-state index in [2.05, 4.69) is 44.5 Å². The maximum absolute atomic E-state index is 4.43. The molecule has 0 amide bonds. The molecule has 1 aromatic carbocycles. The Labute approximate surface area is 103 Å². The molecule has 0 aliphatic carbocycles. The quantitative estimate of drug-likeness (QED) is 0.870. The minimum Gasteiger partial charge on any atom is -0.310 e. The van der Waals surface area contributed by atoms with Gasteiger partial charge in [-0.2, -0.15) is 5.10 Å². The minimum atomic E-state index is 0.492. The Kier molecular flexibility index (Phi) is 2.48. The van der Waals surface area contributed by atoms with E-state index in [0.29, 0.717) is 6.04 Å². The molecule has 1 aliphatic rings. The summed E-state index contributed by atoms with van der Waals surface area (Å²) < 4.78 is 2.90. The molecule has 0 bridgehead atoms. The summed E-state index contributed by atoms with van der Waals surface area (Å²) in [5.74, 6) is 0. The third-order valence-corrected chi connectivity index (χ3v) is 3.87. The molecule has 84 valence electrons. The molecule has 3 nitrogen and oxygen atoms in total. The number of aryl methyl sites for hydroxylation is 1. The molecule has 0 radical (unpaired) electrons. The van der Waals surface area contributed by atoms with E-state index in [4.69, 9.17) is 0 Å². The van der Waals surface area contributed by atoms with E-state index in [9.17, 15) is 0 Å². The summed E-state index contributed by atoms with van der Waals surface area (Å²) >= 11 is 3.51. The first kappa shape index (κ1) is 10.3. The molecular weight excluding hydrogens is 266 g/mol. The molecule has 1 fully saturated rings. The first-order valence-corrected chi connectivity index (χ1v) is 6.41. The average molecular weight is 280 g/mol. The third-order valence-electron chi connectivity index (χ3n) is 3.29. The number of nitrogens with zero attached hydrogens (tertiary/aromatic N) is 2. The molecule has 0 saturated carbocycles. The van der Waals surface area contributed by atoms with Crippen LogP contribution in [0.3, 0.4) is 0 Å². The average Bonchev–Trinajstić information content (AvgIpc) is 2.88. The fraction of sp³-hybridized carbons (Fsp3) is 0.417. The van der Waals surface area contributed by atoms with Crippen molar-refractivity contribution in [2.75, 3.05) is 6.54 Å². The minimum absolute atomic E-state index is 0.492. The predicted octanol–water partition coefficient (Wildman–Crippen LogP) is 2.76. The molecule has 1 saturated heterocycles. The molecule has 1 atom stereocenters. The van der Waals surface area contributed by atoms with Crippen LogP contribution in [0.4, 0.5) is 0 Å². The number of fused-ring (bicyclic) bond motifs is 1. The van der Waals surface area contributed by atoms with Crippen molar-refractivity contribution < 1.29 is 0 Å². The number of para-hydroxylation sites is 1. The van der Waals surface area contributed by atoms with Crippen molar-refractivity contribution >= 4 is 26.8 Å². The summed E-state index contributed by atoms with van der Waals surface area (Å²) in [6, 6.07) is 6.93. The lowest BCUT2D eigenvalue weighted by atomic mass is 10.0. The highest BCUT2D eigenvalue weighted by Crippen LogP contribution is 2.32. The highest BCUT2D eigenvalue weighted by atomic mass is 79.9. The second-order valence-electron chi connectivity index (χ2n) is 4.31. The normalized spacial score (nSPS) is 20.8. The highest BCUT2D eigenvalue weighted by molar-refractivity contribution is 9.10. The smallest absolute Gasteiger partial charge is 0.135 e. The van der Waals surface area contributed by atoms with Gasteiger partial charge in [-0.1, -0.05) is 18.2 Å². The van der Waals surface area contributed by atoms with Crippen LogP contribution in [0, 0.1) is 0 Å². The van der Waals surface area contributed by atoms with Crippen molar-refractivity contribution in [3.63, 3.8) is 0 Å². The third kappa shape index (κ3) is 1.48. The van der Waals surface area contributed by atoms with Crippen LogP contribution in [0.1, 0.15) is 24.4 Å². The maximum Gasteiger partial charge on any atom is 0.135 e. The first-order valence-electron chi connectivity index (χ1n) is 5.62. The van der Waals surface area contributed by atoms with Crippen molar-refractivity contribution in [3.05, 3.63) is 28.4 Å². The largest absolute Gasteiger partial charge is 0.310 e. The van der Waals surface area contributed by atoms with E-state index < -0.39 is 0 Å². The number of rotatable bonds is 1. The summed E-state index contributed by atoms with van der Waals surface area (Å²) in [7, 11) is 2.01. The number of nitrogens with one attached hydrogen (secondary N) is 1. The van der Waals surface area contributed by atoms with Crippen molar-refractivity contribution in [1.29, 1.82) is 0 Å². The number of halogens is 1. The van der Waals surface area contributed by atoms with E-state index in [0.717, 1.165) is 11.1 Å². The van der Waals surface area contributed by atoms with Gasteiger partial charge in [-0.05, 0) is 40.9 Å². The lowest BCUT2D eigenvalue weighted by molar-refractivity contribution is 0.646. The molecule has 3 rings (SSSR count). The van der Waals surface area contributed by atoms with Gasteiger partial charge < -0.3 is 5.32 Å². The van der Waals surface area contributed by atoms with E-state index in [1.165, 1.54) is 29.3 Å². The fourth-order valence-electron chi connectivity index (χ4n) is 2.56. The van der Waals surface area contributed by atoms with E-state index in [1.54, 1.807) is 0 Å². The Morgan fingerprint density at radius 1 is 1.50 bits per heavy atom. The monoisotopic (exact) mass is 279 g/mol. The van der Waals surface area contributed by atoms with Gasteiger partial charge in [0.05, 0.1) is 5.52 Å². The summed E-state index contributed by atoms with van der Waals surface area (Å²) in [6.45, 7) is 1.13. The molecule has 2 heterocycles. The van der Waals surface area contributed by atoms with Crippen molar-refractivity contribution in [2.24, 2.45) is 7.05 Å². The van der Waals surface area contributed by atoms with Crippen LogP contribution >= 0.6 is 15.9 Å². The van der Waals surface area contributed by atoms with Crippen molar-refractivity contribution in [3.8, 4) is 0 Å². The molecule has 1 aromatic heterocycles. The Morgan fingerprint density at radius 3 is 3.12 bits per heavy atom. The molecule has 1 unspecified atom stereocenters. The summed E-state index contributed by atoms with van der Waals surface area (Å²) in [5, 5.41) is 9.18. The zero-order chi connectivity index (χ0) is 11.1. The Morgan fingerprint density at radius 2 is 2.38 bits per heavy atom. The van der Waals surface area contributed by atoms with Crippen LogP contribution in [0.15, 0.2) is 22.8 Å². The van der Waals surface area contributed by atoms with Crippen LogP contribution in [0.25, 0.3) is 10.9 Å². The summed E-state index contributed by atoms with van der Waals surface area (Å²) in [4.78, 5) is 0. The first-order chi connectivity index (χ1) is 7.77. The summed E-state index contributed by atoms with van der Waals surface area (Å²) in [6.07, 6.45) is 2.49. The lowest BCUT2D eigenvalue weighted by Gasteiger charge is -2.12. The van der Waals surface area contributed by atoms with Gasteiger partial charge in [0.15, 0.2) is 0 Å². The van der Waals surface area contributed by atoms with Gasteiger partial charge in [0.25, 0.3) is 0 Å². The van der Waals surface area contributed by atoms with E-state index in [1.807, 2.05) is 11.7 Å². The van der Waals surface area contributed by atoms with Crippen molar-refractivity contribution in [1.82, 2.24) is 15.1 Å². The number of hydrogen-bond donors (Lipinski definition) is 1. The molecule has 1 N–H and O–H groups in total. The van der Waals surface area contributed by atoms with Crippen LogP contribution in [0.5, 0.6) is 0 Å². The SMILES string of the molecule is Cn1nc(Br)c2cccc(C3CCCN3)c21. The van der Waals surface area contributed by atoms with Crippen LogP contribution in [0.2, 0.25) is 0 Å². The van der Waals surface area contributed by atoms with E-state index in [-0.39, 0.29) is 0 Å². The number of aromatic nitrogens is 2. The zero-order valence-corrected chi connectivity index (χ0v) is 10.8. The van der Waals surface area contributed by atoms with Crippen LogP contribution in [-0.4, -0.2) is 16.3 Å². The fourth-order valence-corrected chi connectivity index (χ4v) is 3.11. The Hall–Kier alpha value is -0.870. The standard InChI is InChI=1S/C12H14BrN3/c1-16-11-8(10-6-3-7-14-10)4-2-5-9(11)12(13)15-16/h2,4-5,10,14H,3,6-7H2,1H3. The zero-order valence-electron chi connectivity index (χ0n) is 9.20. The van der Waals surface area contributed by atoms with Gasteiger partial charge >= 0.3 is 0 Å².